The molecule has 0 radical (unpaired) electrons. The fourth-order valence-corrected chi connectivity index (χ4v) is 2.53. The van der Waals surface area contributed by atoms with Crippen LogP contribution >= 0.6 is 11.6 Å². The highest BCUT2D eigenvalue weighted by atomic mass is 35.5. The Morgan fingerprint density at radius 3 is 2.37 bits per heavy atom. The molecule has 0 aliphatic heterocycles. The Morgan fingerprint density at radius 2 is 1.89 bits per heavy atom. The highest BCUT2D eigenvalue weighted by Crippen LogP contribution is 2.24. The number of ether oxygens (including phenoxy) is 1. The molecule has 0 aliphatic carbocycles. The number of aromatic nitrogens is 1. The lowest BCUT2D eigenvalue weighted by Gasteiger charge is -2.09. The van der Waals surface area contributed by atoms with Gasteiger partial charge < -0.3 is 15.2 Å². The molecule has 1 amide bonds. The summed E-state index contributed by atoms with van der Waals surface area (Å²) in [5.74, 6) is -0.239. The number of aryl methyl sites for hydroxylation is 1. The number of alkyl halides is 1. The van der Waals surface area contributed by atoms with E-state index in [0.717, 1.165) is 28.1 Å². The zero-order valence-corrected chi connectivity index (χ0v) is 16.5. The largest absolute Gasteiger partial charge is 0.496 e. The van der Waals surface area contributed by atoms with Crippen molar-refractivity contribution in [1.29, 1.82) is 0 Å². The molecule has 1 aromatic carbocycles. The van der Waals surface area contributed by atoms with Gasteiger partial charge in [0.05, 0.1) is 18.7 Å². The van der Waals surface area contributed by atoms with Crippen LogP contribution in [0.3, 0.4) is 0 Å². The zero-order valence-electron chi connectivity index (χ0n) is 15.7. The number of carbonyl (C=O) groups excluding carboxylic acids is 1. The SMILES string of the molecule is CC(=O)NC(=Cc1ccccc1)C(=O)O.COc1c(C)cnc(CCl)c1C. The van der Waals surface area contributed by atoms with E-state index in [1.165, 1.54) is 13.0 Å². The van der Waals surface area contributed by atoms with E-state index in [0.29, 0.717) is 5.88 Å². The summed E-state index contributed by atoms with van der Waals surface area (Å²) in [6, 6.07) is 8.92. The molecular formula is C20H23ClN2O4. The van der Waals surface area contributed by atoms with Crippen LogP contribution in [0.5, 0.6) is 5.75 Å². The summed E-state index contributed by atoms with van der Waals surface area (Å²) < 4.78 is 5.22. The molecule has 0 saturated carbocycles. The first-order valence-electron chi connectivity index (χ1n) is 8.12. The Balaban J connectivity index is 0.000000277. The van der Waals surface area contributed by atoms with Crippen molar-refractivity contribution < 1.29 is 19.4 Å². The number of amides is 1. The Morgan fingerprint density at radius 1 is 1.26 bits per heavy atom. The third-order valence-corrected chi connectivity index (χ3v) is 3.78. The highest BCUT2D eigenvalue weighted by Gasteiger charge is 2.08. The van der Waals surface area contributed by atoms with Crippen LogP contribution in [0.25, 0.3) is 6.08 Å². The third-order valence-electron chi connectivity index (χ3n) is 3.53. The van der Waals surface area contributed by atoms with E-state index in [1.54, 1.807) is 37.6 Å². The zero-order chi connectivity index (χ0) is 20.4. The van der Waals surface area contributed by atoms with Crippen LogP contribution in [-0.2, 0) is 15.5 Å². The van der Waals surface area contributed by atoms with Crippen LogP contribution in [0.15, 0.2) is 42.2 Å². The number of nitrogens with zero attached hydrogens (tertiary/aromatic N) is 1. The van der Waals surface area contributed by atoms with Crippen molar-refractivity contribution >= 4 is 29.6 Å². The minimum absolute atomic E-state index is 0.131. The number of aliphatic carboxylic acids is 1. The molecule has 6 nitrogen and oxygen atoms in total. The second-order valence-corrected chi connectivity index (χ2v) is 5.90. The van der Waals surface area contributed by atoms with Gasteiger partial charge in [-0.1, -0.05) is 30.3 Å². The number of benzene rings is 1. The Hall–Kier alpha value is -2.86. The van der Waals surface area contributed by atoms with Crippen molar-refractivity contribution in [3.8, 4) is 5.75 Å². The smallest absolute Gasteiger partial charge is 0.352 e. The van der Waals surface area contributed by atoms with E-state index in [2.05, 4.69) is 10.3 Å². The molecule has 1 heterocycles. The maximum absolute atomic E-state index is 10.8. The van der Waals surface area contributed by atoms with E-state index in [1.807, 2.05) is 19.9 Å². The van der Waals surface area contributed by atoms with Crippen LogP contribution in [0.4, 0.5) is 0 Å². The fourth-order valence-electron chi connectivity index (χ4n) is 2.26. The first kappa shape index (κ1) is 22.2. The molecule has 7 heteroatoms. The summed E-state index contributed by atoms with van der Waals surface area (Å²) in [6.45, 7) is 5.20. The third kappa shape index (κ3) is 7.11. The van der Waals surface area contributed by atoms with Crippen molar-refractivity contribution in [2.75, 3.05) is 7.11 Å². The van der Waals surface area contributed by atoms with Gasteiger partial charge in [0.1, 0.15) is 11.4 Å². The predicted molar refractivity (Wildman–Crippen MR) is 106 cm³/mol. The summed E-state index contributed by atoms with van der Waals surface area (Å²) in [6.07, 6.45) is 3.19. The van der Waals surface area contributed by atoms with Gasteiger partial charge in [-0.2, -0.15) is 0 Å². The predicted octanol–water partition coefficient (Wildman–Crippen LogP) is 3.69. The topological polar surface area (TPSA) is 88.5 Å². The van der Waals surface area contributed by atoms with E-state index in [9.17, 15) is 9.59 Å². The van der Waals surface area contributed by atoms with Gasteiger partial charge in [0.25, 0.3) is 0 Å². The molecule has 0 saturated heterocycles. The average Bonchev–Trinajstić information content (AvgIpc) is 2.63. The molecule has 0 spiro atoms. The van der Waals surface area contributed by atoms with Crippen molar-refractivity contribution in [2.24, 2.45) is 0 Å². The second kappa shape index (κ2) is 11.0. The van der Waals surface area contributed by atoms with Crippen LogP contribution in [0.1, 0.15) is 29.3 Å². The molecule has 1 aromatic heterocycles. The van der Waals surface area contributed by atoms with Crippen molar-refractivity contribution in [3.63, 3.8) is 0 Å². The Bertz CT molecular complexity index is 820. The number of carboxylic acids is 1. The van der Waals surface area contributed by atoms with Gasteiger partial charge in [0.15, 0.2) is 0 Å². The van der Waals surface area contributed by atoms with E-state index < -0.39 is 11.9 Å². The van der Waals surface area contributed by atoms with Gasteiger partial charge in [-0.3, -0.25) is 9.78 Å². The lowest BCUT2D eigenvalue weighted by molar-refractivity contribution is -0.134. The molecule has 0 atom stereocenters. The summed E-state index contributed by atoms with van der Waals surface area (Å²) >= 11 is 5.70. The van der Waals surface area contributed by atoms with Crippen molar-refractivity contribution in [1.82, 2.24) is 10.3 Å². The summed E-state index contributed by atoms with van der Waals surface area (Å²) in [4.78, 5) is 25.7. The van der Waals surface area contributed by atoms with Crippen LogP contribution in [-0.4, -0.2) is 29.1 Å². The van der Waals surface area contributed by atoms with Crippen molar-refractivity contribution in [3.05, 3.63) is 64.6 Å². The number of hydrogen-bond acceptors (Lipinski definition) is 4. The van der Waals surface area contributed by atoms with Crippen LogP contribution in [0.2, 0.25) is 0 Å². The van der Waals surface area contributed by atoms with Gasteiger partial charge in [0.2, 0.25) is 5.91 Å². The lowest BCUT2D eigenvalue weighted by Crippen LogP contribution is -2.24. The molecule has 27 heavy (non-hydrogen) atoms. The van der Waals surface area contributed by atoms with Gasteiger partial charge in [-0.15, -0.1) is 11.6 Å². The number of nitrogens with one attached hydrogen (secondary N) is 1. The number of rotatable bonds is 5. The molecule has 0 fully saturated rings. The number of halogens is 1. The van der Waals surface area contributed by atoms with E-state index in [-0.39, 0.29) is 5.70 Å². The number of carbonyl (C=O) groups is 2. The number of pyridine rings is 1. The standard InChI is InChI=1S/C11H11NO3.C9H12ClNO/c1-8(13)12-10(11(14)15)7-9-5-3-2-4-6-9;1-6-5-11-8(4-10)7(2)9(6)12-3/h2-7H,1H3,(H,12,13)(H,14,15);5H,4H2,1-3H3. The monoisotopic (exact) mass is 390 g/mol. The molecule has 0 bridgehead atoms. The first-order chi connectivity index (χ1) is 12.8. The minimum Gasteiger partial charge on any atom is -0.496 e. The number of hydrogen-bond donors (Lipinski definition) is 2. The van der Waals surface area contributed by atoms with Gasteiger partial charge in [0, 0.05) is 24.2 Å². The summed E-state index contributed by atoms with van der Waals surface area (Å²) in [5, 5.41) is 11.1. The van der Waals surface area contributed by atoms with Gasteiger partial charge >= 0.3 is 5.97 Å². The fraction of sp³-hybridized carbons (Fsp3) is 0.250. The van der Waals surface area contributed by atoms with Crippen LogP contribution < -0.4 is 10.1 Å². The van der Waals surface area contributed by atoms with Gasteiger partial charge in [-0.05, 0) is 25.5 Å². The molecule has 0 unspecified atom stereocenters. The summed E-state index contributed by atoms with van der Waals surface area (Å²) in [7, 11) is 1.66. The highest BCUT2D eigenvalue weighted by molar-refractivity contribution is 6.17. The molecule has 144 valence electrons. The molecular weight excluding hydrogens is 368 g/mol. The van der Waals surface area contributed by atoms with Crippen LogP contribution in [0, 0.1) is 13.8 Å². The normalized spacial score (nSPS) is 10.5. The maximum Gasteiger partial charge on any atom is 0.352 e. The summed E-state index contributed by atoms with van der Waals surface area (Å²) in [5.41, 5.74) is 3.56. The quantitative estimate of drug-likeness (QED) is 0.600. The maximum atomic E-state index is 10.8. The number of carboxylic acid groups (broad SMARTS) is 1. The second-order valence-electron chi connectivity index (χ2n) is 5.63. The molecule has 2 N–H and O–H groups in total. The average molecular weight is 391 g/mol. The number of methoxy groups -OCH3 is 1. The first-order valence-corrected chi connectivity index (χ1v) is 8.66. The molecule has 2 aromatic rings. The minimum atomic E-state index is -1.16. The van der Waals surface area contributed by atoms with E-state index >= 15 is 0 Å². The van der Waals surface area contributed by atoms with Gasteiger partial charge in [-0.25, -0.2) is 4.79 Å². The lowest BCUT2D eigenvalue weighted by atomic mass is 10.1. The van der Waals surface area contributed by atoms with E-state index in [4.69, 9.17) is 21.4 Å². The Kier molecular flexibility index (Phi) is 9.02. The molecule has 2 rings (SSSR count). The Labute approximate surface area is 163 Å². The van der Waals surface area contributed by atoms with Crippen molar-refractivity contribution in [2.45, 2.75) is 26.7 Å². The molecule has 0 aliphatic rings.